The van der Waals surface area contributed by atoms with Crippen LogP contribution < -0.4 is 0 Å². The molecule has 0 aliphatic heterocycles. The fourth-order valence-electron chi connectivity index (χ4n) is 2.14. The standard InChI is InChI=1S/C12H26O/c1-10(2,3)9-12(7,8)13-11(4,5)6/h9H2,1-8H3. The second kappa shape index (κ2) is 3.61. The molecule has 0 aliphatic carbocycles. The van der Waals surface area contributed by atoms with Gasteiger partial charge in [0.25, 0.3) is 0 Å². The summed E-state index contributed by atoms with van der Waals surface area (Å²) in [6.07, 6.45) is 1.08. The van der Waals surface area contributed by atoms with Crippen LogP contribution in [0.1, 0.15) is 61.8 Å². The average Bonchev–Trinajstić information content (AvgIpc) is 1.43. The number of ether oxygens (including phenoxy) is 1. The van der Waals surface area contributed by atoms with Gasteiger partial charge < -0.3 is 4.74 Å². The van der Waals surface area contributed by atoms with Gasteiger partial charge in [0.05, 0.1) is 11.2 Å². The van der Waals surface area contributed by atoms with E-state index in [-0.39, 0.29) is 11.2 Å². The van der Waals surface area contributed by atoms with Crippen LogP contribution in [0.2, 0.25) is 0 Å². The van der Waals surface area contributed by atoms with Crippen LogP contribution >= 0.6 is 0 Å². The Labute approximate surface area is 83.9 Å². The van der Waals surface area contributed by atoms with Gasteiger partial charge in [-0.15, -0.1) is 0 Å². The fourth-order valence-corrected chi connectivity index (χ4v) is 2.14. The maximum atomic E-state index is 6.00. The molecule has 13 heavy (non-hydrogen) atoms. The van der Waals surface area contributed by atoms with Gasteiger partial charge in [0.15, 0.2) is 0 Å². The lowest BCUT2D eigenvalue weighted by Crippen LogP contribution is -2.37. The minimum absolute atomic E-state index is 0.0312. The Balaban J connectivity index is 4.25. The van der Waals surface area contributed by atoms with Crippen LogP contribution in [-0.2, 0) is 4.74 Å². The summed E-state index contributed by atoms with van der Waals surface area (Å²) in [4.78, 5) is 0. The third-order valence-electron chi connectivity index (χ3n) is 1.54. The first-order valence-corrected chi connectivity index (χ1v) is 5.12. The number of hydrogen-bond donors (Lipinski definition) is 0. The maximum absolute atomic E-state index is 6.00. The summed E-state index contributed by atoms with van der Waals surface area (Å²) in [6, 6.07) is 0. The second-order valence-corrected chi connectivity index (χ2v) is 6.71. The summed E-state index contributed by atoms with van der Waals surface area (Å²) in [6.45, 7) is 17.4. The Morgan fingerprint density at radius 1 is 0.769 bits per heavy atom. The molecule has 0 aromatic carbocycles. The zero-order valence-electron chi connectivity index (χ0n) is 10.6. The van der Waals surface area contributed by atoms with Crippen LogP contribution in [0.5, 0.6) is 0 Å². The zero-order chi connectivity index (χ0) is 10.9. The summed E-state index contributed by atoms with van der Waals surface area (Å²) in [5.41, 5.74) is 0.250. The number of rotatable bonds is 2. The molecule has 0 aromatic heterocycles. The minimum Gasteiger partial charge on any atom is -0.370 e. The highest BCUT2D eigenvalue weighted by atomic mass is 16.5. The third kappa shape index (κ3) is 8.29. The molecule has 0 aliphatic rings. The summed E-state index contributed by atoms with van der Waals surface area (Å²) in [5, 5.41) is 0. The molecule has 0 aromatic rings. The first-order valence-electron chi connectivity index (χ1n) is 5.12. The van der Waals surface area contributed by atoms with E-state index in [1.807, 2.05) is 0 Å². The van der Waals surface area contributed by atoms with E-state index in [0.717, 1.165) is 6.42 Å². The molecule has 0 saturated carbocycles. The fraction of sp³-hybridized carbons (Fsp3) is 1.00. The van der Waals surface area contributed by atoms with Gasteiger partial charge in [0.2, 0.25) is 0 Å². The van der Waals surface area contributed by atoms with E-state index >= 15 is 0 Å². The molecule has 1 heteroatoms. The Kier molecular flexibility index (Phi) is 3.59. The van der Waals surface area contributed by atoms with Gasteiger partial charge in [0.1, 0.15) is 0 Å². The van der Waals surface area contributed by atoms with Crippen LogP contribution in [0.4, 0.5) is 0 Å². The average molecular weight is 186 g/mol. The molecule has 0 heterocycles. The van der Waals surface area contributed by atoms with Crippen molar-refractivity contribution in [2.45, 2.75) is 73.0 Å². The van der Waals surface area contributed by atoms with Crippen molar-refractivity contribution < 1.29 is 4.74 Å². The summed E-state index contributed by atoms with van der Waals surface area (Å²) < 4.78 is 6.00. The predicted octanol–water partition coefficient (Wildman–Crippen LogP) is 4.02. The molecule has 0 bridgehead atoms. The Hall–Kier alpha value is -0.0400. The molecule has 0 N–H and O–H groups in total. The monoisotopic (exact) mass is 186 g/mol. The lowest BCUT2D eigenvalue weighted by molar-refractivity contribution is -0.127. The molecule has 0 amide bonds. The molecule has 0 unspecified atom stereocenters. The van der Waals surface area contributed by atoms with E-state index in [2.05, 4.69) is 55.4 Å². The van der Waals surface area contributed by atoms with Crippen molar-refractivity contribution in [2.75, 3.05) is 0 Å². The lowest BCUT2D eigenvalue weighted by atomic mass is 9.83. The van der Waals surface area contributed by atoms with Crippen molar-refractivity contribution in [1.29, 1.82) is 0 Å². The topological polar surface area (TPSA) is 9.23 Å². The second-order valence-electron chi connectivity index (χ2n) is 6.71. The van der Waals surface area contributed by atoms with Crippen LogP contribution in [0.15, 0.2) is 0 Å². The number of hydrogen-bond acceptors (Lipinski definition) is 1. The van der Waals surface area contributed by atoms with Crippen molar-refractivity contribution in [3.05, 3.63) is 0 Å². The Morgan fingerprint density at radius 3 is 1.38 bits per heavy atom. The third-order valence-corrected chi connectivity index (χ3v) is 1.54. The van der Waals surface area contributed by atoms with Crippen molar-refractivity contribution in [1.82, 2.24) is 0 Å². The van der Waals surface area contributed by atoms with Gasteiger partial charge in [-0.1, -0.05) is 20.8 Å². The van der Waals surface area contributed by atoms with Crippen LogP contribution in [0, 0.1) is 5.41 Å². The van der Waals surface area contributed by atoms with Crippen molar-refractivity contribution in [3.8, 4) is 0 Å². The molecule has 0 atom stereocenters. The maximum Gasteiger partial charge on any atom is 0.0638 e. The smallest absolute Gasteiger partial charge is 0.0638 e. The first kappa shape index (κ1) is 13.0. The largest absolute Gasteiger partial charge is 0.370 e. The van der Waals surface area contributed by atoms with Gasteiger partial charge in [-0.05, 0) is 46.5 Å². The SMILES string of the molecule is CC(C)(C)CC(C)(C)OC(C)(C)C. The summed E-state index contributed by atoms with van der Waals surface area (Å²) in [7, 11) is 0. The molecule has 1 nitrogen and oxygen atoms in total. The lowest BCUT2D eigenvalue weighted by Gasteiger charge is -2.38. The van der Waals surface area contributed by atoms with Gasteiger partial charge in [0, 0.05) is 0 Å². The van der Waals surface area contributed by atoms with E-state index in [1.54, 1.807) is 0 Å². The van der Waals surface area contributed by atoms with Crippen molar-refractivity contribution in [2.24, 2.45) is 5.41 Å². The van der Waals surface area contributed by atoms with Crippen LogP contribution in [0.25, 0.3) is 0 Å². The predicted molar refractivity (Wildman–Crippen MR) is 59.0 cm³/mol. The van der Waals surface area contributed by atoms with E-state index in [4.69, 9.17) is 4.74 Å². The van der Waals surface area contributed by atoms with E-state index in [1.165, 1.54) is 0 Å². The Morgan fingerprint density at radius 2 is 1.15 bits per heavy atom. The molecule has 0 fully saturated rings. The van der Waals surface area contributed by atoms with Crippen LogP contribution in [-0.4, -0.2) is 11.2 Å². The summed E-state index contributed by atoms with van der Waals surface area (Å²) in [5.74, 6) is 0. The van der Waals surface area contributed by atoms with Gasteiger partial charge in [-0.2, -0.15) is 0 Å². The highest BCUT2D eigenvalue weighted by Gasteiger charge is 2.30. The molecule has 0 saturated heterocycles. The van der Waals surface area contributed by atoms with Crippen LogP contribution in [0.3, 0.4) is 0 Å². The molecule has 80 valence electrons. The molecular weight excluding hydrogens is 160 g/mol. The highest BCUT2D eigenvalue weighted by Crippen LogP contribution is 2.32. The quantitative estimate of drug-likeness (QED) is 0.633. The van der Waals surface area contributed by atoms with Crippen molar-refractivity contribution in [3.63, 3.8) is 0 Å². The molecule has 0 rings (SSSR count). The zero-order valence-corrected chi connectivity index (χ0v) is 10.6. The normalized spacial score (nSPS) is 14.8. The van der Waals surface area contributed by atoms with Gasteiger partial charge >= 0.3 is 0 Å². The van der Waals surface area contributed by atoms with E-state index in [9.17, 15) is 0 Å². The summed E-state index contributed by atoms with van der Waals surface area (Å²) >= 11 is 0. The first-order chi connectivity index (χ1) is 5.41. The Bertz CT molecular complexity index is 137. The van der Waals surface area contributed by atoms with Gasteiger partial charge in [-0.25, -0.2) is 0 Å². The van der Waals surface area contributed by atoms with Crippen molar-refractivity contribution >= 4 is 0 Å². The molecule has 0 radical (unpaired) electrons. The van der Waals surface area contributed by atoms with Gasteiger partial charge in [-0.3, -0.25) is 0 Å². The minimum atomic E-state index is -0.0469. The molecular formula is C12H26O. The highest BCUT2D eigenvalue weighted by molar-refractivity contribution is 4.79. The van der Waals surface area contributed by atoms with E-state index < -0.39 is 0 Å². The molecule has 0 spiro atoms. The van der Waals surface area contributed by atoms with E-state index in [0.29, 0.717) is 5.41 Å².